The van der Waals surface area contributed by atoms with Crippen LogP contribution in [0.3, 0.4) is 0 Å². The number of β-lactam (4-membered cyclic amide) rings is 1. The summed E-state index contributed by atoms with van der Waals surface area (Å²) in [6.45, 7) is 3.13. The van der Waals surface area contributed by atoms with E-state index in [2.05, 4.69) is 15.5 Å². The molecule has 4 rings (SSSR count). The first-order chi connectivity index (χ1) is 16.9. The SMILES string of the molecule is CC(C)[C@@H](O/N=C(\C(=O)N[C@@H]1C(=O)N2[C@@H]1[S@@](=O)C[C@@H]1CC(=O)O[C@@]12C(=O)O)c1csc(N)n1)C(=O)O. The minimum Gasteiger partial charge on any atom is -0.478 e. The lowest BCUT2D eigenvalue weighted by molar-refractivity contribution is -0.216. The highest BCUT2D eigenvalue weighted by Gasteiger charge is 2.73. The number of nitrogens with two attached hydrogens (primary N) is 1. The molecule has 36 heavy (non-hydrogen) atoms. The number of nitrogens with zero attached hydrogens (tertiary/aromatic N) is 3. The molecule has 5 N–H and O–H groups in total. The Bertz CT molecular complexity index is 1210. The van der Waals surface area contributed by atoms with Gasteiger partial charge in [-0.3, -0.25) is 23.5 Å². The minimum absolute atomic E-state index is 0.0666. The topological polar surface area (TPSA) is 228 Å². The normalized spacial score (nSPS) is 30.1. The summed E-state index contributed by atoms with van der Waals surface area (Å²) in [4.78, 5) is 71.2. The number of amides is 2. The van der Waals surface area contributed by atoms with Crippen LogP contribution >= 0.6 is 11.3 Å². The van der Waals surface area contributed by atoms with Crippen LogP contribution in [0.2, 0.25) is 0 Å². The minimum atomic E-state index is -2.30. The number of aromatic nitrogens is 1. The van der Waals surface area contributed by atoms with Gasteiger partial charge in [-0.05, 0) is 0 Å². The number of anilines is 1. The summed E-state index contributed by atoms with van der Waals surface area (Å²) in [6, 6.07) is -1.43. The molecule has 4 heterocycles. The van der Waals surface area contributed by atoms with Gasteiger partial charge >= 0.3 is 17.9 Å². The molecule has 3 aliphatic rings. The predicted molar refractivity (Wildman–Crippen MR) is 121 cm³/mol. The van der Waals surface area contributed by atoms with Gasteiger partial charge in [-0.2, -0.15) is 0 Å². The van der Waals surface area contributed by atoms with E-state index in [1.165, 1.54) is 5.38 Å². The van der Waals surface area contributed by atoms with Gasteiger partial charge in [0.25, 0.3) is 17.5 Å². The Morgan fingerprint density at radius 1 is 1.39 bits per heavy atom. The fourth-order valence-electron chi connectivity index (χ4n) is 4.27. The number of carbonyl (C=O) groups excluding carboxylic acids is 3. The van der Waals surface area contributed by atoms with Crippen molar-refractivity contribution in [2.45, 2.75) is 43.5 Å². The number of esters is 1. The second kappa shape index (κ2) is 9.12. The summed E-state index contributed by atoms with van der Waals surface area (Å²) in [5.41, 5.74) is 2.76. The number of hydrogen-bond acceptors (Lipinski definition) is 12. The molecule has 0 aromatic carbocycles. The van der Waals surface area contributed by atoms with Crippen molar-refractivity contribution in [3.8, 4) is 0 Å². The highest BCUT2D eigenvalue weighted by molar-refractivity contribution is 7.85. The van der Waals surface area contributed by atoms with Crippen LogP contribution in [0.5, 0.6) is 0 Å². The van der Waals surface area contributed by atoms with Crippen LogP contribution in [-0.4, -0.2) is 88.7 Å². The highest BCUT2D eigenvalue weighted by atomic mass is 32.2. The second-order valence-corrected chi connectivity index (χ2v) is 11.1. The standard InChI is InChI=1S/C19H21N5O10S2/c1-6(2)12(16(28)29)34-23-10(8-4-35-18(20)21-8)13(26)22-11-14(27)24-15(11)36(32)5-7-3-9(25)33-19(7,24)17(30)31/h4,6-7,11-12,15H,3,5H2,1-2H3,(H2,20,21)(H,22,26)(H,28,29)(H,30,31)/b23-10-/t7-,11+,12+,15+,19+,36-/m0/s1. The van der Waals surface area contributed by atoms with Crippen LogP contribution in [0.4, 0.5) is 5.13 Å². The number of nitrogen functional groups attached to an aromatic ring is 1. The fraction of sp³-hybridized carbons (Fsp3) is 0.526. The van der Waals surface area contributed by atoms with Crippen molar-refractivity contribution < 1.29 is 48.0 Å². The molecule has 0 aliphatic carbocycles. The Morgan fingerprint density at radius 3 is 2.64 bits per heavy atom. The zero-order valence-corrected chi connectivity index (χ0v) is 20.4. The number of ether oxygens (including phenoxy) is 1. The number of hydrogen-bond donors (Lipinski definition) is 4. The van der Waals surface area contributed by atoms with E-state index >= 15 is 0 Å². The van der Waals surface area contributed by atoms with Gasteiger partial charge in [0.05, 0.1) is 12.3 Å². The van der Waals surface area contributed by atoms with Gasteiger partial charge < -0.3 is 30.8 Å². The Kier molecular flexibility index (Phi) is 6.46. The van der Waals surface area contributed by atoms with Gasteiger partial charge in [-0.1, -0.05) is 19.0 Å². The van der Waals surface area contributed by atoms with E-state index in [0.717, 1.165) is 16.2 Å². The molecule has 3 saturated heterocycles. The summed E-state index contributed by atoms with van der Waals surface area (Å²) in [7, 11) is -1.83. The van der Waals surface area contributed by atoms with Crippen LogP contribution in [0.1, 0.15) is 26.0 Å². The Balaban J connectivity index is 1.61. The van der Waals surface area contributed by atoms with Crippen molar-refractivity contribution in [3.05, 3.63) is 11.1 Å². The number of carboxylic acid groups (broad SMARTS) is 2. The van der Waals surface area contributed by atoms with Gasteiger partial charge in [-0.15, -0.1) is 11.3 Å². The lowest BCUT2D eigenvalue weighted by Gasteiger charge is -2.56. The molecule has 0 radical (unpaired) electrons. The number of aliphatic carboxylic acids is 2. The molecule has 17 heteroatoms. The second-order valence-electron chi connectivity index (χ2n) is 8.59. The molecule has 3 aliphatic heterocycles. The molecule has 3 fully saturated rings. The van der Waals surface area contributed by atoms with E-state index in [1.54, 1.807) is 13.8 Å². The first-order valence-corrected chi connectivity index (χ1v) is 12.8. The third-order valence-corrected chi connectivity index (χ3v) is 8.38. The smallest absolute Gasteiger partial charge is 0.370 e. The van der Waals surface area contributed by atoms with E-state index in [-0.39, 0.29) is 23.0 Å². The van der Waals surface area contributed by atoms with Crippen molar-refractivity contribution in [2.75, 3.05) is 11.5 Å². The Labute approximate surface area is 209 Å². The van der Waals surface area contributed by atoms with Crippen LogP contribution in [0, 0.1) is 11.8 Å². The number of thiazole rings is 1. The third-order valence-electron chi connectivity index (χ3n) is 5.95. The van der Waals surface area contributed by atoms with Gasteiger partial charge in [0.1, 0.15) is 17.1 Å². The maximum atomic E-state index is 13.1. The number of rotatable bonds is 8. The van der Waals surface area contributed by atoms with Gasteiger partial charge in [0.2, 0.25) is 6.10 Å². The molecule has 1 aromatic heterocycles. The molecule has 6 atom stereocenters. The molecule has 0 bridgehead atoms. The number of carboxylic acids is 2. The lowest BCUT2D eigenvalue weighted by atomic mass is 9.89. The number of carbonyl (C=O) groups is 5. The molecular formula is C19H21N5O10S2. The summed E-state index contributed by atoms with van der Waals surface area (Å²) in [6.07, 6.45) is -1.72. The molecule has 194 valence electrons. The molecule has 1 aromatic rings. The van der Waals surface area contributed by atoms with Crippen molar-refractivity contribution in [3.63, 3.8) is 0 Å². The molecule has 0 spiro atoms. The molecule has 0 saturated carbocycles. The molecular weight excluding hydrogens is 522 g/mol. The summed E-state index contributed by atoms with van der Waals surface area (Å²) >= 11 is 0.964. The summed E-state index contributed by atoms with van der Waals surface area (Å²) in [5.74, 6) is -7.46. The van der Waals surface area contributed by atoms with E-state index in [4.69, 9.17) is 15.3 Å². The number of oxime groups is 1. The van der Waals surface area contributed by atoms with Crippen molar-refractivity contribution in [1.82, 2.24) is 15.2 Å². The van der Waals surface area contributed by atoms with E-state index in [1.807, 2.05) is 0 Å². The van der Waals surface area contributed by atoms with Gasteiger partial charge in [0.15, 0.2) is 10.8 Å². The van der Waals surface area contributed by atoms with Crippen LogP contribution < -0.4 is 11.1 Å². The molecule has 0 unspecified atom stereocenters. The van der Waals surface area contributed by atoms with Crippen molar-refractivity contribution in [2.24, 2.45) is 17.0 Å². The van der Waals surface area contributed by atoms with Crippen LogP contribution in [0.25, 0.3) is 0 Å². The monoisotopic (exact) mass is 543 g/mol. The number of fused-ring (bicyclic) bond motifs is 3. The van der Waals surface area contributed by atoms with Crippen LogP contribution in [-0.2, 0) is 44.3 Å². The number of nitrogens with one attached hydrogen (secondary N) is 1. The largest absolute Gasteiger partial charge is 0.478 e. The first-order valence-electron chi connectivity index (χ1n) is 10.5. The van der Waals surface area contributed by atoms with Crippen LogP contribution in [0.15, 0.2) is 10.5 Å². The average Bonchev–Trinajstić information content (AvgIpc) is 3.35. The van der Waals surface area contributed by atoms with Crippen molar-refractivity contribution in [1.29, 1.82) is 0 Å². The average molecular weight is 544 g/mol. The lowest BCUT2D eigenvalue weighted by Crippen LogP contribution is -2.83. The maximum Gasteiger partial charge on any atom is 0.370 e. The van der Waals surface area contributed by atoms with E-state index in [9.17, 15) is 38.4 Å². The quantitative estimate of drug-likeness (QED) is 0.125. The third kappa shape index (κ3) is 3.97. The predicted octanol–water partition coefficient (Wildman–Crippen LogP) is -1.69. The Morgan fingerprint density at radius 2 is 2.08 bits per heavy atom. The summed E-state index contributed by atoms with van der Waals surface area (Å²) in [5, 5.41) is 25.3. The molecule has 15 nitrogen and oxygen atoms in total. The van der Waals surface area contributed by atoms with Crippen molar-refractivity contribution >= 4 is 62.7 Å². The molecule has 2 amide bonds. The summed E-state index contributed by atoms with van der Waals surface area (Å²) < 4.78 is 17.9. The first kappa shape index (κ1) is 25.5. The fourth-order valence-corrected chi connectivity index (χ4v) is 6.73. The highest BCUT2D eigenvalue weighted by Crippen LogP contribution is 2.47. The van der Waals surface area contributed by atoms with E-state index < -0.39 is 81.3 Å². The van der Waals surface area contributed by atoms with Gasteiger partial charge in [-0.25, -0.2) is 14.6 Å². The zero-order valence-electron chi connectivity index (χ0n) is 18.8. The zero-order chi connectivity index (χ0) is 26.5. The van der Waals surface area contributed by atoms with E-state index in [0.29, 0.717) is 0 Å². The Hall–Kier alpha value is -3.60. The maximum absolute atomic E-state index is 13.1. The van der Waals surface area contributed by atoms with Gasteiger partial charge in [0, 0.05) is 27.9 Å².